The van der Waals surface area contributed by atoms with Crippen LogP contribution in [0.2, 0.25) is 5.02 Å². The molecule has 0 saturated carbocycles. The number of amides is 1. The minimum absolute atomic E-state index is 0.0299. The Bertz CT molecular complexity index is 859. The van der Waals surface area contributed by atoms with Crippen molar-refractivity contribution >= 4 is 17.5 Å². The summed E-state index contributed by atoms with van der Waals surface area (Å²) in [6.45, 7) is 9.31. The summed E-state index contributed by atoms with van der Waals surface area (Å²) in [6, 6.07) is 4.35. The van der Waals surface area contributed by atoms with Crippen LogP contribution in [0.3, 0.4) is 0 Å². The second-order valence-electron chi connectivity index (χ2n) is 7.41. The first kappa shape index (κ1) is 18.9. The molecular formula is C19H24ClFN4O. The maximum atomic E-state index is 13.5. The standard InChI is InChI=1S/C19H24ClFN4O/c1-11(2)17-16(13-6-5-12(21)9-14(13)20)23-18-19(3,4)25(15(26)10-22)8-7-24(17)18/h5-6,9,11H,7-8,10,22H2,1-4H3. The first-order chi connectivity index (χ1) is 12.2. The first-order valence-electron chi connectivity index (χ1n) is 8.75. The van der Waals surface area contributed by atoms with Gasteiger partial charge in [0.1, 0.15) is 11.6 Å². The van der Waals surface area contributed by atoms with Gasteiger partial charge in [-0.25, -0.2) is 9.37 Å². The van der Waals surface area contributed by atoms with E-state index >= 15 is 0 Å². The Hall–Kier alpha value is -1.92. The molecular weight excluding hydrogens is 355 g/mol. The van der Waals surface area contributed by atoms with Gasteiger partial charge >= 0.3 is 0 Å². The zero-order chi connectivity index (χ0) is 19.2. The van der Waals surface area contributed by atoms with Gasteiger partial charge in [-0.3, -0.25) is 4.79 Å². The molecule has 0 bridgehead atoms. The third kappa shape index (κ3) is 2.91. The largest absolute Gasteiger partial charge is 0.327 e. The molecule has 140 valence electrons. The van der Waals surface area contributed by atoms with Crippen molar-refractivity contribution in [2.75, 3.05) is 13.1 Å². The fraction of sp³-hybridized carbons (Fsp3) is 0.474. The number of fused-ring (bicyclic) bond motifs is 1. The van der Waals surface area contributed by atoms with Crippen LogP contribution in [0.4, 0.5) is 4.39 Å². The van der Waals surface area contributed by atoms with Gasteiger partial charge in [0.05, 0.1) is 22.8 Å². The van der Waals surface area contributed by atoms with E-state index in [1.165, 1.54) is 12.1 Å². The number of benzene rings is 1. The minimum Gasteiger partial charge on any atom is -0.327 e. The summed E-state index contributed by atoms with van der Waals surface area (Å²) >= 11 is 6.31. The predicted octanol–water partition coefficient (Wildman–Crippen LogP) is 3.50. The van der Waals surface area contributed by atoms with Crippen molar-refractivity contribution < 1.29 is 9.18 Å². The second-order valence-corrected chi connectivity index (χ2v) is 7.82. The maximum absolute atomic E-state index is 13.5. The van der Waals surface area contributed by atoms with Gasteiger partial charge in [-0.2, -0.15) is 0 Å². The fourth-order valence-electron chi connectivity index (χ4n) is 3.77. The van der Waals surface area contributed by atoms with Gasteiger partial charge in [0, 0.05) is 24.3 Å². The van der Waals surface area contributed by atoms with Crippen molar-refractivity contribution in [1.82, 2.24) is 14.5 Å². The summed E-state index contributed by atoms with van der Waals surface area (Å²) in [7, 11) is 0. The quantitative estimate of drug-likeness (QED) is 0.888. The summed E-state index contributed by atoms with van der Waals surface area (Å²) in [4.78, 5) is 18.9. The lowest BCUT2D eigenvalue weighted by atomic mass is 9.98. The van der Waals surface area contributed by atoms with Crippen molar-refractivity contribution in [1.29, 1.82) is 0 Å². The number of halogens is 2. The molecule has 1 aliphatic heterocycles. The number of imidazole rings is 1. The normalized spacial score (nSPS) is 16.1. The summed E-state index contributed by atoms with van der Waals surface area (Å²) in [5.41, 5.74) is 7.48. The van der Waals surface area contributed by atoms with E-state index in [-0.39, 0.29) is 24.2 Å². The topological polar surface area (TPSA) is 64.2 Å². The average molecular weight is 379 g/mol. The first-order valence-corrected chi connectivity index (χ1v) is 9.13. The van der Waals surface area contributed by atoms with Crippen LogP contribution >= 0.6 is 11.6 Å². The van der Waals surface area contributed by atoms with Crippen LogP contribution in [-0.4, -0.2) is 33.4 Å². The van der Waals surface area contributed by atoms with Crippen LogP contribution in [0.25, 0.3) is 11.3 Å². The van der Waals surface area contributed by atoms with Crippen LogP contribution in [0, 0.1) is 5.82 Å². The number of carbonyl (C=O) groups is 1. The molecule has 26 heavy (non-hydrogen) atoms. The van der Waals surface area contributed by atoms with Crippen molar-refractivity contribution in [3.63, 3.8) is 0 Å². The lowest BCUT2D eigenvalue weighted by Gasteiger charge is -2.42. The van der Waals surface area contributed by atoms with Crippen molar-refractivity contribution in [2.24, 2.45) is 5.73 Å². The third-order valence-corrected chi connectivity index (χ3v) is 5.30. The van der Waals surface area contributed by atoms with Crippen molar-refractivity contribution in [2.45, 2.75) is 45.7 Å². The highest BCUT2D eigenvalue weighted by Crippen LogP contribution is 2.40. The van der Waals surface area contributed by atoms with E-state index in [1.54, 1.807) is 11.0 Å². The van der Waals surface area contributed by atoms with E-state index in [2.05, 4.69) is 18.4 Å². The van der Waals surface area contributed by atoms with E-state index in [0.29, 0.717) is 23.7 Å². The number of rotatable bonds is 3. The molecule has 0 saturated heterocycles. The Morgan fingerprint density at radius 3 is 2.65 bits per heavy atom. The fourth-order valence-corrected chi connectivity index (χ4v) is 4.03. The summed E-state index contributed by atoms with van der Waals surface area (Å²) in [5.74, 6) is 0.509. The van der Waals surface area contributed by atoms with E-state index in [9.17, 15) is 9.18 Å². The molecule has 1 aromatic carbocycles. The van der Waals surface area contributed by atoms with Crippen molar-refractivity contribution in [3.8, 4) is 11.3 Å². The SMILES string of the molecule is CC(C)c1c(-c2ccc(F)cc2Cl)nc2n1CCN(C(=O)CN)C2(C)C. The molecule has 7 heteroatoms. The molecule has 1 amide bonds. The number of nitrogens with zero attached hydrogens (tertiary/aromatic N) is 3. The smallest absolute Gasteiger partial charge is 0.237 e. The number of nitrogens with two attached hydrogens (primary N) is 1. The molecule has 0 fully saturated rings. The van der Waals surface area contributed by atoms with Gasteiger partial charge in [-0.1, -0.05) is 25.4 Å². The molecule has 2 N–H and O–H groups in total. The molecule has 1 aliphatic rings. The Kier molecular flexibility index (Phi) is 4.84. The molecule has 5 nitrogen and oxygen atoms in total. The lowest BCUT2D eigenvalue weighted by molar-refractivity contribution is -0.137. The Morgan fingerprint density at radius 2 is 2.08 bits per heavy atom. The third-order valence-electron chi connectivity index (χ3n) is 4.98. The molecule has 2 heterocycles. The van der Waals surface area contributed by atoms with Gasteiger partial charge in [0.25, 0.3) is 0 Å². The molecule has 0 radical (unpaired) electrons. The molecule has 0 spiro atoms. The van der Waals surface area contributed by atoms with E-state index in [1.807, 2.05) is 13.8 Å². The van der Waals surface area contributed by atoms with Crippen molar-refractivity contribution in [3.05, 3.63) is 40.6 Å². The highest BCUT2D eigenvalue weighted by molar-refractivity contribution is 6.33. The Morgan fingerprint density at radius 1 is 1.38 bits per heavy atom. The summed E-state index contributed by atoms with van der Waals surface area (Å²) in [6.07, 6.45) is 0. The van der Waals surface area contributed by atoms with Gasteiger partial charge in [-0.05, 0) is 38.0 Å². The highest BCUT2D eigenvalue weighted by Gasteiger charge is 2.41. The Labute approximate surface area is 158 Å². The maximum Gasteiger partial charge on any atom is 0.237 e. The van der Waals surface area contributed by atoms with E-state index < -0.39 is 5.54 Å². The van der Waals surface area contributed by atoms with Gasteiger partial charge < -0.3 is 15.2 Å². The van der Waals surface area contributed by atoms with Crippen LogP contribution < -0.4 is 5.73 Å². The van der Waals surface area contributed by atoms with Gasteiger partial charge in [0.15, 0.2) is 0 Å². The molecule has 2 aromatic rings. The average Bonchev–Trinajstić information content (AvgIpc) is 2.95. The van der Waals surface area contributed by atoms with E-state index in [0.717, 1.165) is 17.2 Å². The highest BCUT2D eigenvalue weighted by atomic mass is 35.5. The zero-order valence-electron chi connectivity index (χ0n) is 15.5. The van der Waals surface area contributed by atoms with Gasteiger partial charge in [0.2, 0.25) is 5.91 Å². The van der Waals surface area contributed by atoms with Crippen LogP contribution in [0.15, 0.2) is 18.2 Å². The number of hydrogen-bond acceptors (Lipinski definition) is 3. The number of hydrogen-bond donors (Lipinski definition) is 1. The molecule has 0 atom stereocenters. The van der Waals surface area contributed by atoms with Crippen LogP contribution in [-0.2, 0) is 16.9 Å². The molecule has 0 aliphatic carbocycles. The molecule has 1 aromatic heterocycles. The summed E-state index contributed by atoms with van der Waals surface area (Å²) < 4.78 is 15.7. The monoisotopic (exact) mass is 378 g/mol. The van der Waals surface area contributed by atoms with Crippen LogP contribution in [0.1, 0.15) is 45.1 Å². The molecule has 0 unspecified atom stereocenters. The second kappa shape index (κ2) is 6.67. The number of carbonyl (C=O) groups excluding carboxylic acids is 1. The Balaban J connectivity index is 2.21. The lowest BCUT2D eigenvalue weighted by Crippen LogP contribution is -2.53. The zero-order valence-corrected chi connectivity index (χ0v) is 16.3. The predicted molar refractivity (Wildman–Crippen MR) is 101 cm³/mol. The number of aromatic nitrogens is 2. The van der Waals surface area contributed by atoms with E-state index in [4.69, 9.17) is 22.3 Å². The van der Waals surface area contributed by atoms with Gasteiger partial charge in [-0.15, -0.1) is 0 Å². The summed E-state index contributed by atoms with van der Waals surface area (Å²) in [5, 5.41) is 0.329. The molecule has 3 rings (SSSR count). The minimum atomic E-state index is -0.594. The van der Waals surface area contributed by atoms with Crippen LogP contribution in [0.5, 0.6) is 0 Å².